The Morgan fingerprint density at radius 2 is 1.82 bits per heavy atom. The van der Waals surface area contributed by atoms with Crippen LogP contribution >= 0.6 is 12.4 Å². The van der Waals surface area contributed by atoms with Crippen LogP contribution in [-0.2, 0) is 9.59 Å². The first kappa shape index (κ1) is 16.2. The van der Waals surface area contributed by atoms with Crippen LogP contribution < -0.4 is 5.32 Å². The van der Waals surface area contributed by atoms with Crippen LogP contribution in [0.5, 0.6) is 0 Å². The summed E-state index contributed by atoms with van der Waals surface area (Å²) in [6.45, 7) is 4.23. The first-order valence-corrected chi connectivity index (χ1v) is 5.75. The molecular formula is C11H21ClN2O3. The molecule has 6 heteroatoms. The summed E-state index contributed by atoms with van der Waals surface area (Å²) < 4.78 is 0. The van der Waals surface area contributed by atoms with Gasteiger partial charge < -0.3 is 10.4 Å². The molecule has 0 aromatic carbocycles. The molecule has 0 aliphatic carbocycles. The lowest BCUT2D eigenvalue weighted by molar-refractivity contribution is -0.138. The molecule has 1 fully saturated rings. The third-order valence-corrected chi connectivity index (χ3v) is 3.14. The van der Waals surface area contributed by atoms with E-state index < -0.39 is 5.97 Å². The molecule has 17 heavy (non-hydrogen) atoms. The van der Waals surface area contributed by atoms with Crippen LogP contribution in [0.2, 0.25) is 0 Å². The molecule has 0 bridgehead atoms. The Balaban J connectivity index is 0.00000256. The molecular weight excluding hydrogens is 244 g/mol. The summed E-state index contributed by atoms with van der Waals surface area (Å²) in [7, 11) is 0. The predicted molar refractivity (Wildman–Crippen MR) is 67.4 cm³/mol. The van der Waals surface area contributed by atoms with Crippen LogP contribution in [0.1, 0.15) is 33.1 Å². The fourth-order valence-corrected chi connectivity index (χ4v) is 2.18. The van der Waals surface area contributed by atoms with Gasteiger partial charge in [-0.25, -0.2) is 0 Å². The highest BCUT2D eigenvalue weighted by Gasteiger charge is 2.26. The van der Waals surface area contributed by atoms with Crippen molar-refractivity contribution in [3.8, 4) is 0 Å². The Morgan fingerprint density at radius 1 is 1.29 bits per heavy atom. The first-order valence-electron chi connectivity index (χ1n) is 5.75. The minimum atomic E-state index is -1.01. The van der Waals surface area contributed by atoms with E-state index in [1.807, 2.05) is 0 Å². The summed E-state index contributed by atoms with van der Waals surface area (Å²) in [5.41, 5.74) is 0. The molecule has 1 aliphatic heterocycles. The fourth-order valence-electron chi connectivity index (χ4n) is 2.18. The monoisotopic (exact) mass is 264 g/mol. The van der Waals surface area contributed by atoms with Crippen molar-refractivity contribution in [2.45, 2.75) is 45.2 Å². The van der Waals surface area contributed by atoms with Crippen LogP contribution in [0.4, 0.5) is 0 Å². The standard InChI is InChI=1S/C11H20N2O3.ClH/c1-8-4-3-5-9(2)13(8)7-10(14)12-6-11(15)16;/h8-9H,3-7H2,1-2H3,(H,12,14)(H,15,16);1H. The van der Waals surface area contributed by atoms with Crippen molar-refractivity contribution in [1.82, 2.24) is 10.2 Å². The summed E-state index contributed by atoms with van der Waals surface area (Å²) in [5, 5.41) is 10.8. The zero-order chi connectivity index (χ0) is 12.1. The van der Waals surface area contributed by atoms with E-state index >= 15 is 0 Å². The van der Waals surface area contributed by atoms with Crippen molar-refractivity contribution < 1.29 is 14.7 Å². The lowest BCUT2D eigenvalue weighted by Gasteiger charge is -2.38. The molecule has 1 aliphatic rings. The summed E-state index contributed by atoms with van der Waals surface area (Å²) >= 11 is 0. The van der Waals surface area contributed by atoms with E-state index in [4.69, 9.17) is 5.11 Å². The van der Waals surface area contributed by atoms with Gasteiger partial charge in [-0.15, -0.1) is 12.4 Å². The SMILES string of the molecule is CC1CCCC(C)N1CC(=O)NCC(=O)O.Cl. The lowest BCUT2D eigenvalue weighted by Crippen LogP contribution is -2.49. The molecule has 0 aromatic heterocycles. The largest absolute Gasteiger partial charge is 0.480 e. The highest BCUT2D eigenvalue weighted by atomic mass is 35.5. The molecule has 0 aromatic rings. The highest BCUT2D eigenvalue weighted by Crippen LogP contribution is 2.21. The van der Waals surface area contributed by atoms with E-state index in [9.17, 15) is 9.59 Å². The fraction of sp³-hybridized carbons (Fsp3) is 0.818. The molecule has 1 amide bonds. The molecule has 0 saturated carbocycles. The summed E-state index contributed by atoms with van der Waals surface area (Å²) in [6.07, 6.45) is 3.42. The molecule has 0 spiro atoms. The maximum Gasteiger partial charge on any atom is 0.322 e. The number of piperidine rings is 1. The number of carboxylic acids is 1. The van der Waals surface area contributed by atoms with Gasteiger partial charge in [-0.3, -0.25) is 14.5 Å². The normalized spacial score (nSPS) is 24.8. The molecule has 100 valence electrons. The Kier molecular flexibility index (Phi) is 7.15. The smallest absolute Gasteiger partial charge is 0.322 e. The number of carboxylic acid groups (broad SMARTS) is 1. The van der Waals surface area contributed by atoms with Gasteiger partial charge in [0.2, 0.25) is 5.91 Å². The van der Waals surface area contributed by atoms with E-state index in [-0.39, 0.29) is 24.9 Å². The number of hydrogen-bond donors (Lipinski definition) is 2. The second-order valence-corrected chi connectivity index (χ2v) is 4.47. The van der Waals surface area contributed by atoms with Crippen LogP contribution in [-0.4, -0.2) is 47.1 Å². The van der Waals surface area contributed by atoms with Crippen molar-refractivity contribution in [3.05, 3.63) is 0 Å². The molecule has 1 rings (SSSR count). The molecule has 2 N–H and O–H groups in total. The zero-order valence-electron chi connectivity index (χ0n) is 10.3. The van der Waals surface area contributed by atoms with Crippen molar-refractivity contribution in [2.24, 2.45) is 0 Å². The number of carbonyl (C=O) groups is 2. The molecule has 5 nitrogen and oxygen atoms in total. The van der Waals surface area contributed by atoms with Gasteiger partial charge in [-0.1, -0.05) is 6.42 Å². The van der Waals surface area contributed by atoms with Crippen molar-refractivity contribution in [1.29, 1.82) is 0 Å². The van der Waals surface area contributed by atoms with Crippen LogP contribution in [0, 0.1) is 0 Å². The number of hydrogen-bond acceptors (Lipinski definition) is 3. The van der Waals surface area contributed by atoms with Crippen molar-refractivity contribution >= 4 is 24.3 Å². The number of nitrogens with zero attached hydrogens (tertiary/aromatic N) is 1. The van der Waals surface area contributed by atoms with Gasteiger partial charge >= 0.3 is 5.97 Å². The van der Waals surface area contributed by atoms with E-state index in [2.05, 4.69) is 24.1 Å². The number of amides is 1. The van der Waals surface area contributed by atoms with Gasteiger partial charge in [0.15, 0.2) is 0 Å². The average molecular weight is 265 g/mol. The van der Waals surface area contributed by atoms with E-state index in [0.29, 0.717) is 18.6 Å². The molecule has 2 atom stereocenters. The van der Waals surface area contributed by atoms with Crippen LogP contribution in [0.15, 0.2) is 0 Å². The minimum Gasteiger partial charge on any atom is -0.480 e. The predicted octanol–water partition coefficient (Wildman–Crippen LogP) is 0.872. The van der Waals surface area contributed by atoms with Gasteiger partial charge in [0.05, 0.1) is 6.54 Å². The number of halogens is 1. The highest BCUT2D eigenvalue weighted by molar-refractivity contribution is 5.85. The van der Waals surface area contributed by atoms with E-state index in [1.165, 1.54) is 6.42 Å². The lowest BCUT2D eigenvalue weighted by atomic mass is 9.97. The van der Waals surface area contributed by atoms with Crippen molar-refractivity contribution in [2.75, 3.05) is 13.1 Å². The number of rotatable bonds is 4. The second-order valence-electron chi connectivity index (χ2n) is 4.47. The Hall–Kier alpha value is -0.810. The molecule has 1 saturated heterocycles. The third-order valence-electron chi connectivity index (χ3n) is 3.14. The summed E-state index contributed by atoms with van der Waals surface area (Å²) in [4.78, 5) is 23.9. The third kappa shape index (κ3) is 5.37. The van der Waals surface area contributed by atoms with Crippen LogP contribution in [0.25, 0.3) is 0 Å². The first-order chi connectivity index (χ1) is 7.50. The average Bonchev–Trinajstić information content (AvgIpc) is 2.21. The Labute approximate surface area is 108 Å². The molecule has 1 heterocycles. The molecule has 0 radical (unpaired) electrons. The zero-order valence-corrected chi connectivity index (χ0v) is 11.1. The van der Waals surface area contributed by atoms with E-state index in [1.54, 1.807) is 0 Å². The van der Waals surface area contributed by atoms with Gasteiger partial charge in [-0.05, 0) is 26.7 Å². The summed E-state index contributed by atoms with van der Waals surface area (Å²) in [6, 6.07) is 0.804. The van der Waals surface area contributed by atoms with E-state index in [0.717, 1.165) is 12.8 Å². The minimum absolute atomic E-state index is 0. The number of nitrogens with one attached hydrogen (secondary N) is 1. The van der Waals surface area contributed by atoms with Gasteiger partial charge in [0.25, 0.3) is 0 Å². The number of carbonyl (C=O) groups excluding carboxylic acids is 1. The maximum absolute atomic E-state index is 11.5. The quantitative estimate of drug-likeness (QED) is 0.791. The van der Waals surface area contributed by atoms with Crippen molar-refractivity contribution in [3.63, 3.8) is 0 Å². The number of aliphatic carboxylic acids is 1. The molecule has 2 unspecified atom stereocenters. The van der Waals surface area contributed by atoms with Gasteiger partial charge in [0, 0.05) is 12.1 Å². The summed E-state index contributed by atoms with van der Waals surface area (Å²) in [5.74, 6) is -1.21. The van der Waals surface area contributed by atoms with Gasteiger partial charge in [-0.2, -0.15) is 0 Å². The maximum atomic E-state index is 11.5. The van der Waals surface area contributed by atoms with Gasteiger partial charge in [0.1, 0.15) is 6.54 Å². The topological polar surface area (TPSA) is 69.6 Å². The Bertz CT molecular complexity index is 263. The number of likely N-dealkylation sites (tertiary alicyclic amines) is 1. The second kappa shape index (κ2) is 7.50. The van der Waals surface area contributed by atoms with Crippen LogP contribution in [0.3, 0.4) is 0 Å². The Morgan fingerprint density at radius 3 is 2.29 bits per heavy atom.